The minimum absolute atomic E-state index is 0.518. The average molecular weight is 235 g/mol. The van der Waals surface area contributed by atoms with Crippen LogP contribution in [0.3, 0.4) is 0 Å². The van der Waals surface area contributed by atoms with Crippen LogP contribution in [-0.2, 0) is 6.42 Å². The van der Waals surface area contributed by atoms with Crippen LogP contribution in [0.2, 0.25) is 0 Å². The third-order valence-electron chi connectivity index (χ3n) is 3.84. The summed E-state index contributed by atoms with van der Waals surface area (Å²) in [5.74, 6) is 2.11. The van der Waals surface area contributed by atoms with E-state index in [1.54, 1.807) is 6.26 Å². The summed E-state index contributed by atoms with van der Waals surface area (Å²) in [4.78, 5) is 0. The molecule has 1 unspecified atom stereocenters. The molecule has 0 amide bonds. The molecular formula is C15H25NO. The molecule has 0 spiro atoms. The first-order valence-electron chi connectivity index (χ1n) is 7.10. The molecule has 1 aromatic rings. The highest BCUT2D eigenvalue weighted by atomic mass is 16.3. The Kier molecular flexibility index (Phi) is 5.11. The van der Waals surface area contributed by atoms with Crippen molar-refractivity contribution in [2.45, 2.75) is 57.9 Å². The van der Waals surface area contributed by atoms with Gasteiger partial charge >= 0.3 is 0 Å². The van der Waals surface area contributed by atoms with Crippen molar-refractivity contribution in [3.63, 3.8) is 0 Å². The SMILES string of the molecule is CC(Cc1ccco1)NCCCC1CCCC1. The Balaban J connectivity index is 1.52. The van der Waals surface area contributed by atoms with Gasteiger partial charge in [0.15, 0.2) is 0 Å². The monoisotopic (exact) mass is 235 g/mol. The summed E-state index contributed by atoms with van der Waals surface area (Å²) in [6.07, 6.45) is 11.4. The standard InChI is InChI=1S/C15H25NO/c1-13(12-15-9-5-11-17-15)16-10-4-8-14-6-2-3-7-14/h5,9,11,13-14,16H,2-4,6-8,10,12H2,1H3. The van der Waals surface area contributed by atoms with Crippen molar-refractivity contribution in [1.29, 1.82) is 0 Å². The molecule has 1 fully saturated rings. The van der Waals surface area contributed by atoms with Crippen molar-refractivity contribution in [3.05, 3.63) is 24.2 Å². The zero-order chi connectivity index (χ0) is 11.9. The maximum absolute atomic E-state index is 5.35. The predicted molar refractivity (Wildman–Crippen MR) is 71.1 cm³/mol. The van der Waals surface area contributed by atoms with Gasteiger partial charge in [-0.15, -0.1) is 0 Å². The van der Waals surface area contributed by atoms with Gasteiger partial charge in [-0.2, -0.15) is 0 Å². The minimum atomic E-state index is 0.518. The molecule has 17 heavy (non-hydrogen) atoms. The van der Waals surface area contributed by atoms with Gasteiger partial charge in [0.1, 0.15) is 5.76 Å². The van der Waals surface area contributed by atoms with E-state index in [1.807, 2.05) is 6.07 Å². The van der Waals surface area contributed by atoms with Crippen molar-refractivity contribution in [1.82, 2.24) is 5.32 Å². The molecule has 96 valence electrons. The molecule has 1 aromatic heterocycles. The van der Waals surface area contributed by atoms with Crippen LogP contribution in [0, 0.1) is 5.92 Å². The molecule has 2 rings (SSSR count). The molecule has 0 aliphatic heterocycles. The Labute approximate surface area is 105 Å². The fourth-order valence-electron chi connectivity index (χ4n) is 2.84. The Morgan fingerprint density at radius 1 is 1.41 bits per heavy atom. The summed E-state index contributed by atoms with van der Waals surface area (Å²) >= 11 is 0. The van der Waals surface area contributed by atoms with Crippen LogP contribution < -0.4 is 5.32 Å². The second-order valence-electron chi connectivity index (χ2n) is 5.43. The normalized spacial score (nSPS) is 18.6. The van der Waals surface area contributed by atoms with E-state index in [4.69, 9.17) is 4.42 Å². The van der Waals surface area contributed by atoms with E-state index in [9.17, 15) is 0 Å². The van der Waals surface area contributed by atoms with Crippen LogP contribution in [0.25, 0.3) is 0 Å². The van der Waals surface area contributed by atoms with Gasteiger partial charge in [-0.05, 0) is 44.4 Å². The van der Waals surface area contributed by atoms with Crippen LogP contribution in [0.1, 0.15) is 51.2 Å². The summed E-state index contributed by atoms with van der Waals surface area (Å²) in [5, 5.41) is 3.58. The molecular weight excluding hydrogens is 210 g/mol. The van der Waals surface area contributed by atoms with Crippen molar-refractivity contribution in [2.75, 3.05) is 6.54 Å². The highest BCUT2D eigenvalue weighted by Crippen LogP contribution is 2.28. The van der Waals surface area contributed by atoms with Crippen LogP contribution >= 0.6 is 0 Å². The molecule has 1 aliphatic rings. The van der Waals surface area contributed by atoms with Gasteiger partial charge in [-0.1, -0.05) is 25.7 Å². The molecule has 0 saturated heterocycles. The number of furan rings is 1. The highest BCUT2D eigenvalue weighted by Gasteiger charge is 2.14. The van der Waals surface area contributed by atoms with E-state index in [0.717, 1.165) is 24.6 Å². The zero-order valence-corrected chi connectivity index (χ0v) is 11.0. The van der Waals surface area contributed by atoms with E-state index < -0.39 is 0 Å². The molecule has 1 atom stereocenters. The summed E-state index contributed by atoms with van der Waals surface area (Å²) in [6.45, 7) is 3.39. The molecule has 2 nitrogen and oxygen atoms in total. The number of rotatable bonds is 7. The second kappa shape index (κ2) is 6.85. The maximum atomic E-state index is 5.35. The molecule has 0 bridgehead atoms. The summed E-state index contributed by atoms with van der Waals surface area (Å²) in [6, 6.07) is 4.53. The first-order valence-corrected chi connectivity index (χ1v) is 7.10. The summed E-state index contributed by atoms with van der Waals surface area (Å²) in [7, 11) is 0. The van der Waals surface area contributed by atoms with Crippen LogP contribution in [0.15, 0.2) is 22.8 Å². The smallest absolute Gasteiger partial charge is 0.105 e. The predicted octanol–water partition coefficient (Wildman–Crippen LogP) is 3.77. The maximum Gasteiger partial charge on any atom is 0.105 e. The molecule has 0 radical (unpaired) electrons. The largest absolute Gasteiger partial charge is 0.469 e. The molecule has 1 saturated carbocycles. The zero-order valence-electron chi connectivity index (χ0n) is 11.0. The van der Waals surface area contributed by atoms with Crippen LogP contribution in [0.5, 0.6) is 0 Å². The second-order valence-corrected chi connectivity index (χ2v) is 5.43. The third kappa shape index (κ3) is 4.55. The van der Waals surface area contributed by atoms with E-state index >= 15 is 0 Å². The third-order valence-corrected chi connectivity index (χ3v) is 3.84. The number of hydrogen-bond acceptors (Lipinski definition) is 2. The lowest BCUT2D eigenvalue weighted by molar-refractivity contribution is 0.430. The number of nitrogens with one attached hydrogen (secondary N) is 1. The molecule has 0 aromatic carbocycles. The van der Waals surface area contributed by atoms with Gasteiger partial charge in [-0.3, -0.25) is 0 Å². The van der Waals surface area contributed by atoms with Gasteiger partial charge in [-0.25, -0.2) is 0 Å². The van der Waals surface area contributed by atoms with E-state index in [2.05, 4.69) is 18.3 Å². The van der Waals surface area contributed by atoms with E-state index in [-0.39, 0.29) is 0 Å². The lowest BCUT2D eigenvalue weighted by atomic mass is 10.0. The summed E-state index contributed by atoms with van der Waals surface area (Å²) < 4.78 is 5.35. The Morgan fingerprint density at radius 3 is 2.94 bits per heavy atom. The molecule has 1 N–H and O–H groups in total. The fraction of sp³-hybridized carbons (Fsp3) is 0.733. The molecule has 2 heteroatoms. The number of hydrogen-bond donors (Lipinski definition) is 1. The van der Waals surface area contributed by atoms with Gasteiger partial charge in [0.2, 0.25) is 0 Å². The highest BCUT2D eigenvalue weighted by molar-refractivity contribution is 4.99. The Morgan fingerprint density at radius 2 is 2.24 bits per heavy atom. The summed E-state index contributed by atoms with van der Waals surface area (Å²) in [5.41, 5.74) is 0. The van der Waals surface area contributed by atoms with E-state index in [0.29, 0.717) is 6.04 Å². The lowest BCUT2D eigenvalue weighted by Crippen LogP contribution is -2.29. The first kappa shape index (κ1) is 12.7. The van der Waals surface area contributed by atoms with Gasteiger partial charge < -0.3 is 9.73 Å². The van der Waals surface area contributed by atoms with Crippen molar-refractivity contribution in [3.8, 4) is 0 Å². The Hall–Kier alpha value is -0.760. The van der Waals surface area contributed by atoms with Gasteiger partial charge in [0, 0.05) is 12.5 Å². The fourth-order valence-corrected chi connectivity index (χ4v) is 2.84. The van der Waals surface area contributed by atoms with Crippen LogP contribution in [0.4, 0.5) is 0 Å². The van der Waals surface area contributed by atoms with Crippen molar-refractivity contribution >= 4 is 0 Å². The molecule has 1 heterocycles. The van der Waals surface area contributed by atoms with Gasteiger partial charge in [0.05, 0.1) is 6.26 Å². The van der Waals surface area contributed by atoms with Crippen molar-refractivity contribution in [2.24, 2.45) is 5.92 Å². The quantitative estimate of drug-likeness (QED) is 0.728. The lowest BCUT2D eigenvalue weighted by Gasteiger charge is -2.13. The average Bonchev–Trinajstić information content (AvgIpc) is 2.96. The minimum Gasteiger partial charge on any atom is -0.469 e. The Bertz CT molecular complexity index is 288. The van der Waals surface area contributed by atoms with Gasteiger partial charge in [0.25, 0.3) is 0 Å². The first-order chi connectivity index (χ1) is 8.34. The topological polar surface area (TPSA) is 25.2 Å². The van der Waals surface area contributed by atoms with Crippen molar-refractivity contribution < 1.29 is 4.42 Å². The van der Waals surface area contributed by atoms with Crippen LogP contribution in [-0.4, -0.2) is 12.6 Å². The van der Waals surface area contributed by atoms with E-state index in [1.165, 1.54) is 38.5 Å². The molecule has 1 aliphatic carbocycles.